The van der Waals surface area contributed by atoms with Crippen molar-refractivity contribution in [2.24, 2.45) is 11.8 Å². The molecule has 2 aliphatic rings. The van der Waals surface area contributed by atoms with Crippen LogP contribution >= 0.6 is 0 Å². The maximum absolute atomic E-state index is 12.8. The van der Waals surface area contributed by atoms with Gasteiger partial charge in [-0.2, -0.15) is 0 Å². The summed E-state index contributed by atoms with van der Waals surface area (Å²) < 4.78 is 23.2. The van der Waals surface area contributed by atoms with Crippen molar-refractivity contribution < 1.29 is 18.0 Å². The highest BCUT2D eigenvalue weighted by Gasteiger charge is 2.38. The van der Waals surface area contributed by atoms with Crippen LogP contribution in [0.3, 0.4) is 0 Å². The van der Waals surface area contributed by atoms with Crippen LogP contribution in [0.2, 0.25) is 0 Å². The molecule has 3 rings (SSSR count). The van der Waals surface area contributed by atoms with Gasteiger partial charge in [0.25, 0.3) is 0 Å². The lowest BCUT2D eigenvalue weighted by Crippen LogP contribution is -2.40. The Morgan fingerprint density at radius 3 is 2.73 bits per heavy atom. The number of carbonyl (C=O) groups excluding carboxylic acids is 2. The standard InChI is InChI=1S/C15H18N2O4S/c1-10-8-17(15(19)11-6-7-22(20,21)9-11)13-5-3-2-4-12(13)16-14(10)18/h2-5,10-11H,6-9H2,1H3,(H,16,18). The summed E-state index contributed by atoms with van der Waals surface area (Å²) in [5.74, 6) is -1.25. The van der Waals surface area contributed by atoms with Gasteiger partial charge < -0.3 is 10.2 Å². The molecule has 2 aliphatic heterocycles. The van der Waals surface area contributed by atoms with Gasteiger partial charge in [-0.1, -0.05) is 19.1 Å². The molecule has 1 aromatic rings. The Hall–Kier alpha value is -1.89. The minimum atomic E-state index is -3.12. The van der Waals surface area contributed by atoms with E-state index in [1.165, 1.54) is 0 Å². The van der Waals surface area contributed by atoms with Gasteiger partial charge in [0, 0.05) is 6.54 Å². The van der Waals surface area contributed by atoms with E-state index in [4.69, 9.17) is 0 Å². The van der Waals surface area contributed by atoms with Gasteiger partial charge in [-0.05, 0) is 18.6 Å². The van der Waals surface area contributed by atoms with Crippen LogP contribution in [0.25, 0.3) is 0 Å². The number of amides is 2. The van der Waals surface area contributed by atoms with Crippen LogP contribution in [0.15, 0.2) is 24.3 Å². The molecule has 1 N–H and O–H groups in total. The minimum Gasteiger partial charge on any atom is -0.324 e. The summed E-state index contributed by atoms with van der Waals surface area (Å²) in [5.41, 5.74) is 1.22. The zero-order chi connectivity index (χ0) is 15.9. The molecule has 0 bridgehead atoms. The lowest BCUT2D eigenvalue weighted by Gasteiger charge is -2.26. The Balaban J connectivity index is 1.95. The summed E-state index contributed by atoms with van der Waals surface area (Å²) in [7, 11) is -3.12. The Labute approximate surface area is 129 Å². The maximum atomic E-state index is 12.8. The van der Waals surface area contributed by atoms with Gasteiger partial charge in [-0.15, -0.1) is 0 Å². The number of hydrogen-bond donors (Lipinski definition) is 1. The van der Waals surface area contributed by atoms with Crippen molar-refractivity contribution in [3.8, 4) is 0 Å². The molecule has 7 heteroatoms. The predicted molar refractivity (Wildman–Crippen MR) is 83.3 cm³/mol. The zero-order valence-corrected chi connectivity index (χ0v) is 13.1. The SMILES string of the molecule is CC1CN(C(=O)C2CCS(=O)(=O)C2)c2ccccc2NC1=O. The fourth-order valence-corrected chi connectivity index (χ4v) is 4.68. The number of fused-ring (bicyclic) bond motifs is 1. The Kier molecular flexibility index (Phi) is 3.68. The van der Waals surface area contributed by atoms with Crippen molar-refractivity contribution in [1.29, 1.82) is 0 Å². The van der Waals surface area contributed by atoms with Crippen LogP contribution in [0.5, 0.6) is 0 Å². The van der Waals surface area contributed by atoms with Crippen molar-refractivity contribution in [2.45, 2.75) is 13.3 Å². The number of rotatable bonds is 1. The molecular formula is C15H18N2O4S. The van der Waals surface area contributed by atoms with Crippen LogP contribution in [0, 0.1) is 11.8 Å². The average Bonchev–Trinajstić information content (AvgIpc) is 2.78. The van der Waals surface area contributed by atoms with Crippen LogP contribution < -0.4 is 10.2 Å². The summed E-state index contributed by atoms with van der Waals surface area (Å²) >= 11 is 0. The topological polar surface area (TPSA) is 83.6 Å². The molecule has 2 amide bonds. The van der Waals surface area contributed by atoms with Crippen molar-refractivity contribution >= 4 is 33.0 Å². The first-order valence-electron chi connectivity index (χ1n) is 7.29. The molecule has 0 aliphatic carbocycles. The predicted octanol–water partition coefficient (Wildman–Crippen LogP) is 1.04. The number of anilines is 2. The monoisotopic (exact) mass is 322 g/mol. The van der Waals surface area contributed by atoms with Crippen LogP contribution in [0.4, 0.5) is 11.4 Å². The molecule has 0 saturated carbocycles. The largest absolute Gasteiger partial charge is 0.324 e. The first kappa shape index (κ1) is 15.0. The normalized spacial score (nSPS) is 27.0. The van der Waals surface area contributed by atoms with Gasteiger partial charge in [-0.3, -0.25) is 9.59 Å². The number of sulfone groups is 1. The van der Waals surface area contributed by atoms with E-state index in [2.05, 4.69) is 5.32 Å². The molecule has 0 radical (unpaired) electrons. The van der Waals surface area contributed by atoms with Crippen molar-refractivity contribution in [1.82, 2.24) is 0 Å². The number of hydrogen-bond acceptors (Lipinski definition) is 4. The molecule has 118 valence electrons. The second-order valence-corrected chi connectivity index (χ2v) is 8.18. The van der Waals surface area contributed by atoms with Gasteiger partial charge in [0.15, 0.2) is 9.84 Å². The molecule has 1 fully saturated rings. The van der Waals surface area contributed by atoms with Gasteiger partial charge >= 0.3 is 0 Å². The first-order valence-corrected chi connectivity index (χ1v) is 9.11. The molecule has 2 unspecified atom stereocenters. The molecule has 0 spiro atoms. The van der Waals surface area contributed by atoms with Gasteiger partial charge in [0.05, 0.1) is 34.7 Å². The Bertz CT molecular complexity index is 729. The van der Waals surface area contributed by atoms with Crippen LogP contribution in [-0.4, -0.2) is 38.3 Å². The number of benzene rings is 1. The van der Waals surface area contributed by atoms with Gasteiger partial charge in [-0.25, -0.2) is 8.42 Å². The second-order valence-electron chi connectivity index (χ2n) is 5.96. The van der Waals surface area contributed by atoms with E-state index in [-0.39, 0.29) is 35.8 Å². The minimum absolute atomic E-state index is 0.0611. The molecule has 0 aromatic heterocycles. The number of nitrogens with zero attached hydrogens (tertiary/aromatic N) is 1. The highest BCUT2D eigenvalue weighted by atomic mass is 32.2. The first-order chi connectivity index (χ1) is 10.4. The molecule has 1 saturated heterocycles. The van der Waals surface area contributed by atoms with Crippen LogP contribution in [-0.2, 0) is 19.4 Å². The number of carbonyl (C=O) groups is 2. The molecular weight excluding hydrogens is 304 g/mol. The van der Waals surface area contributed by atoms with Gasteiger partial charge in [0.1, 0.15) is 0 Å². The molecule has 1 aromatic carbocycles. The summed E-state index contributed by atoms with van der Waals surface area (Å²) in [6, 6.07) is 7.11. The fraction of sp³-hybridized carbons (Fsp3) is 0.467. The molecule has 2 heterocycles. The Morgan fingerprint density at radius 1 is 1.32 bits per heavy atom. The van der Waals surface area contributed by atoms with E-state index in [0.717, 1.165) is 0 Å². The van der Waals surface area contributed by atoms with Crippen molar-refractivity contribution in [3.05, 3.63) is 24.3 Å². The summed E-state index contributed by atoms with van der Waals surface area (Å²) in [6.45, 7) is 2.02. The highest BCUT2D eigenvalue weighted by Crippen LogP contribution is 2.32. The van der Waals surface area contributed by atoms with E-state index in [1.807, 2.05) is 0 Å². The van der Waals surface area contributed by atoms with E-state index in [9.17, 15) is 18.0 Å². The van der Waals surface area contributed by atoms with E-state index in [0.29, 0.717) is 17.8 Å². The summed E-state index contributed by atoms with van der Waals surface area (Å²) in [4.78, 5) is 26.4. The molecule has 6 nitrogen and oxygen atoms in total. The molecule has 2 atom stereocenters. The van der Waals surface area contributed by atoms with Crippen LogP contribution in [0.1, 0.15) is 13.3 Å². The fourth-order valence-electron chi connectivity index (χ4n) is 2.94. The average molecular weight is 322 g/mol. The lowest BCUT2D eigenvalue weighted by molar-refractivity contribution is -0.122. The van der Waals surface area contributed by atoms with Crippen molar-refractivity contribution in [2.75, 3.05) is 28.3 Å². The van der Waals surface area contributed by atoms with E-state index in [1.54, 1.807) is 36.1 Å². The van der Waals surface area contributed by atoms with E-state index >= 15 is 0 Å². The zero-order valence-electron chi connectivity index (χ0n) is 12.3. The highest BCUT2D eigenvalue weighted by molar-refractivity contribution is 7.91. The summed E-state index contributed by atoms with van der Waals surface area (Å²) in [5, 5.41) is 2.81. The molecule has 22 heavy (non-hydrogen) atoms. The summed E-state index contributed by atoms with van der Waals surface area (Å²) in [6.07, 6.45) is 0.357. The van der Waals surface area contributed by atoms with E-state index < -0.39 is 15.8 Å². The lowest BCUT2D eigenvalue weighted by atomic mass is 10.1. The second kappa shape index (κ2) is 5.39. The Morgan fingerprint density at radius 2 is 2.05 bits per heavy atom. The maximum Gasteiger partial charge on any atom is 0.231 e. The van der Waals surface area contributed by atoms with Crippen molar-refractivity contribution in [3.63, 3.8) is 0 Å². The third kappa shape index (κ3) is 2.72. The third-order valence-corrected chi connectivity index (χ3v) is 5.97. The third-order valence-electron chi connectivity index (χ3n) is 4.20. The number of nitrogens with one attached hydrogen (secondary N) is 1. The smallest absolute Gasteiger partial charge is 0.231 e. The van der Waals surface area contributed by atoms with Gasteiger partial charge in [0.2, 0.25) is 11.8 Å². The number of para-hydroxylation sites is 2. The quantitative estimate of drug-likeness (QED) is 0.837.